The molecule has 0 atom stereocenters. The molecule has 0 spiro atoms. The molecule has 0 saturated heterocycles. The van der Waals surface area contributed by atoms with E-state index in [4.69, 9.17) is 10.5 Å². The van der Waals surface area contributed by atoms with Crippen LogP contribution in [0.5, 0.6) is 0 Å². The molecular weight excluding hydrogens is 286 g/mol. The first-order chi connectivity index (χ1) is 10.2. The van der Waals surface area contributed by atoms with Gasteiger partial charge in [0, 0.05) is 31.9 Å². The number of thiophene rings is 1. The highest BCUT2D eigenvalue weighted by Gasteiger charge is 2.32. The number of rotatable bonds is 9. The van der Waals surface area contributed by atoms with E-state index in [2.05, 4.69) is 10.6 Å². The zero-order valence-electron chi connectivity index (χ0n) is 12.8. The highest BCUT2D eigenvalue weighted by Crippen LogP contribution is 2.50. The summed E-state index contributed by atoms with van der Waals surface area (Å²) in [7, 11) is 0. The second kappa shape index (κ2) is 7.66. The number of carbonyl (C=O) groups excluding carboxylic acids is 1. The number of nitrogen functional groups attached to an aromatic ring is 1. The maximum Gasteiger partial charge on any atom is 0.263 e. The summed E-state index contributed by atoms with van der Waals surface area (Å²) in [4.78, 5) is 12.7. The Hall–Kier alpha value is -1.27. The quantitative estimate of drug-likeness (QED) is 0.613. The standard InChI is InChI=1S/C15H25N3O2S/c1-3-17-14(19)13-12(16)11(10-6-7-10)15(21-13)18-8-5-9-20-4-2/h10,18H,3-9,16H2,1-2H3,(H,17,19). The lowest BCUT2D eigenvalue weighted by Crippen LogP contribution is -2.22. The highest BCUT2D eigenvalue weighted by atomic mass is 32.1. The summed E-state index contributed by atoms with van der Waals surface area (Å²) in [5, 5.41) is 7.32. The molecule has 0 bridgehead atoms. The van der Waals surface area contributed by atoms with E-state index in [9.17, 15) is 4.79 Å². The topological polar surface area (TPSA) is 76.4 Å². The minimum absolute atomic E-state index is 0.0655. The molecule has 21 heavy (non-hydrogen) atoms. The van der Waals surface area contributed by atoms with Crippen LogP contribution in [0, 0.1) is 0 Å². The minimum Gasteiger partial charge on any atom is -0.397 e. The molecule has 1 aliphatic carbocycles. The Morgan fingerprint density at radius 1 is 1.43 bits per heavy atom. The summed E-state index contributed by atoms with van der Waals surface area (Å²) >= 11 is 1.48. The number of ether oxygens (including phenoxy) is 1. The van der Waals surface area contributed by atoms with Crippen LogP contribution in [-0.2, 0) is 4.74 Å². The maximum absolute atomic E-state index is 12.1. The van der Waals surface area contributed by atoms with Gasteiger partial charge in [-0.15, -0.1) is 11.3 Å². The lowest BCUT2D eigenvalue weighted by atomic mass is 10.1. The largest absolute Gasteiger partial charge is 0.397 e. The molecule has 0 unspecified atom stereocenters. The van der Waals surface area contributed by atoms with E-state index in [1.165, 1.54) is 24.2 Å². The molecule has 1 saturated carbocycles. The van der Waals surface area contributed by atoms with Crippen molar-refractivity contribution in [2.24, 2.45) is 0 Å². The summed E-state index contributed by atoms with van der Waals surface area (Å²) < 4.78 is 5.34. The number of hydrogen-bond donors (Lipinski definition) is 3. The van der Waals surface area contributed by atoms with Gasteiger partial charge < -0.3 is 21.1 Å². The molecule has 1 aromatic rings. The van der Waals surface area contributed by atoms with E-state index in [0.29, 0.717) is 23.0 Å². The number of nitrogens with one attached hydrogen (secondary N) is 2. The van der Waals surface area contributed by atoms with Crippen LogP contribution in [0.15, 0.2) is 0 Å². The molecule has 0 aromatic carbocycles. The molecule has 0 radical (unpaired) electrons. The average molecular weight is 311 g/mol. The van der Waals surface area contributed by atoms with Crippen LogP contribution in [0.4, 0.5) is 10.7 Å². The summed E-state index contributed by atoms with van der Waals surface area (Å²) in [5.74, 6) is 0.461. The van der Waals surface area contributed by atoms with Gasteiger partial charge >= 0.3 is 0 Å². The highest BCUT2D eigenvalue weighted by molar-refractivity contribution is 7.18. The molecule has 1 aliphatic rings. The van der Waals surface area contributed by atoms with E-state index in [-0.39, 0.29) is 5.91 Å². The third-order valence-electron chi connectivity index (χ3n) is 3.47. The molecule has 1 amide bonds. The zero-order valence-corrected chi connectivity index (χ0v) is 13.6. The van der Waals surface area contributed by atoms with Crippen LogP contribution in [0.2, 0.25) is 0 Å². The van der Waals surface area contributed by atoms with Gasteiger partial charge in [0.05, 0.1) is 10.7 Å². The number of nitrogens with two attached hydrogens (primary N) is 1. The molecule has 6 heteroatoms. The van der Waals surface area contributed by atoms with Crippen LogP contribution >= 0.6 is 11.3 Å². The number of anilines is 2. The van der Waals surface area contributed by atoms with Gasteiger partial charge in [-0.25, -0.2) is 0 Å². The van der Waals surface area contributed by atoms with Gasteiger partial charge in [-0.2, -0.15) is 0 Å². The zero-order chi connectivity index (χ0) is 15.2. The number of hydrogen-bond acceptors (Lipinski definition) is 5. The van der Waals surface area contributed by atoms with Crippen LogP contribution in [0.3, 0.4) is 0 Å². The first-order valence-corrected chi connectivity index (χ1v) is 8.52. The fourth-order valence-electron chi connectivity index (χ4n) is 2.30. The van der Waals surface area contributed by atoms with Gasteiger partial charge in [0.1, 0.15) is 4.88 Å². The van der Waals surface area contributed by atoms with Crippen LogP contribution in [0.1, 0.15) is 54.3 Å². The van der Waals surface area contributed by atoms with Crippen molar-refractivity contribution in [2.75, 3.05) is 37.4 Å². The second-order valence-electron chi connectivity index (χ2n) is 5.20. The van der Waals surface area contributed by atoms with Crippen molar-refractivity contribution < 1.29 is 9.53 Å². The van der Waals surface area contributed by atoms with Gasteiger partial charge in [0.2, 0.25) is 0 Å². The van der Waals surface area contributed by atoms with Gasteiger partial charge in [0.25, 0.3) is 5.91 Å². The molecular formula is C15H25N3O2S. The second-order valence-corrected chi connectivity index (χ2v) is 6.22. The van der Waals surface area contributed by atoms with E-state index in [1.807, 2.05) is 13.8 Å². The van der Waals surface area contributed by atoms with Crippen LogP contribution < -0.4 is 16.4 Å². The average Bonchev–Trinajstić information content (AvgIpc) is 3.23. The smallest absolute Gasteiger partial charge is 0.263 e. The monoisotopic (exact) mass is 311 g/mol. The Labute approximate surface area is 130 Å². The normalized spacial score (nSPS) is 14.2. The maximum atomic E-state index is 12.1. The Kier molecular flexibility index (Phi) is 5.87. The minimum atomic E-state index is -0.0655. The van der Waals surface area contributed by atoms with Crippen molar-refractivity contribution in [1.29, 1.82) is 0 Å². The first-order valence-electron chi connectivity index (χ1n) is 7.70. The summed E-state index contributed by atoms with van der Waals surface area (Å²) in [6.45, 7) is 6.88. The lowest BCUT2D eigenvalue weighted by Gasteiger charge is -2.07. The fourth-order valence-corrected chi connectivity index (χ4v) is 3.44. The Morgan fingerprint density at radius 2 is 2.19 bits per heavy atom. The molecule has 1 aromatic heterocycles. The predicted octanol–water partition coefficient (Wildman–Crippen LogP) is 2.80. The number of carbonyl (C=O) groups is 1. The molecule has 4 N–H and O–H groups in total. The third-order valence-corrected chi connectivity index (χ3v) is 4.65. The van der Waals surface area contributed by atoms with E-state index in [1.54, 1.807) is 0 Å². The van der Waals surface area contributed by atoms with Crippen molar-refractivity contribution in [2.45, 2.75) is 39.0 Å². The summed E-state index contributed by atoms with van der Waals surface area (Å²) in [5.41, 5.74) is 8.03. The fraction of sp³-hybridized carbons (Fsp3) is 0.667. The van der Waals surface area contributed by atoms with E-state index in [0.717, 1.165) is 36.7 Å². The van der Waals surface area contributed by atoms with Crippen molar-refractivity contribution in [3.63, 3.8) is 0 Å². The van der Waals surface area contributed by atoms with Crippen molar-refractivity contribution in [3.8, 4) is 0 Å². The van der Waals surface area contributed by atoms with Crippen molar-refractivity contribution in [3.05, 3.63) is 10.4 Å². The van der Waals surface area contributed by atoms with Gasteiger partial charge in [-0.05, 0) is 39.0 Å². The van der Waals surface area contributed by atoms with Gasteiger partial charge in [0.15, 0.2) is 0 Å². The molecule has 1 heterocycles. The Balaban J connectivity index is 2.04. The molecule has 1 fully saturated rings. The Bertz CT molecular complexity index is 484. The van der Waals surface area contributed by atoms with E-state index < -0.39 is 0 Å². The molecule has 5 nitrogen and oxygen atoms in total. The number of amides is 1. The molecule has 118 valence electrons. The van der Waals surface area contributed by atoms with Crippen molar-refractivity contribution >= 4 is 27.9 Å². The molecule has 0 aliphatic heterocycles. The summed E-state index contributed by atoms with van der Waals surface area (Å²) in [6.07, 6.45) is 3.29. The first kappa shape index (κ1) is 16.1. The third kappa shape index (κ3) is 4.11. The van der Waals surface area contributed by atoms with Crippen molar-refractivity contribution in [1.82, 2.24) is 5.32 Å². The van der Waals surface area contributed by atoms with Crippen LogP contribution in [-0.4, -0.2) is 32.2 Å². The Morgan fingerprint density at radius 3 is 2.81 bits per heavy atom. The molecule has 2 rings (SSSR count). The van der Waals surface area contributed by atoms with E-state index >= 15 is 0 Å². The van der Waals surface area contributed by atoms with Crippen LogP contribution in [0.25, 0.3) is 0 Å². The SMILES string of the molecule is CCNC(=O)c1sc(NCCCOCC)c(C2CC2)c1N. The van der Waals surface area contributed by atoms with Gasteiger partial charge in [-0.1, -0.05) is 0 Å². The lowest BCUT2D eigenvalue weighted by molar-refractivity contribution is 0.0960. The summed E-state index contributed by atoms with van der Waals surface area (Å²) in [6, 6.07) is 0. The van der Waals surface area contributed by atoms with Gasteiger partial charge in [-0.3, -0.25) is 4.79 Å². The predicted molar refractivity (Wildman–Crippen MR) is 88.3 cm³/mol.